The molecule has 0 saturated carbocycles. The number of carboxylic acids is 1. The first-order valence-electron chi connectivity index (χ1n) is 4.77. The highest BCUT2D eigenvalue weighted by atomic mass is 79.9. The molecule has 2 N–H and O–H groups in total. The number of halogens is 1. The zero-order valence-corrected chi connectivity index (χ0v) is 9.71. The summed E-state index contributed by atoms with van der Waals surface area (Å²) in [5.41, 5.74) is 3.84. The fourth-order valence-corrected chi connectivity index (χ4v) is 2.58. The van der Waals surface area contributed by atoms with E-state index in [1.165, 1.54) is 0 Å². The number of carboxylic acid groups (broad SMARTS) is 1. The van der Waals surface area contributed by atoms with Gasteiger partial charge in [-0.1, -0.05) is 28.1 Å². The van der Waals surface area contributed by atoms with Gasteiger partial charge in [0.1, 0.15) is 5.69 Å². The topological polar surface area (TPSA) is 66.0 Å². The number of aromatic nitrogens is 2. The summed E-state index contributed by atoms with van der Waals surface area (Å²) in [7, 11) is 0. The number of hydrogen-bond acceptors (Lipinski definition) is 2. The molecule has 0 radical (unpaired) electrons. The SMILES string of the molecule is O=C(O)c1[nH]nc2c1Cc1c(Br)cccc1-2. The van der Waals surface area contributed by atoms with Gasteiger partial charge in [-0.05, 0) is 11.6 Å². The maximum absolute atomic E-state index is 11.0. The van der Waals surface area contributed by atoms with E-state index in [1.807, 2.05) is 18.2 Å². The van der Waals surface area contributed by atoms with E-state index in [-0.39, 0.29) is 5.69 Å². The van der Waals surface area contributed by atoms with Crippen LogP contribution >= 0.6 is 15.9 Å². The number of benzene rings is 1. The minimum Gasteiger partial charge on any atom is -0.477 e. The number of rotatable bonds is 1. The molecule has 0 bridgehead atoms. The van der Waals surface area contributed by atoms with E-state index < -0.39 is 5.97 Å². The molecule has 1 heterocycles. The summed E-state index contributed by atoms with van der Waals surface area (Å²) in [5, 5.41) is 15.6. The van der Waals surface area contributed by atoms with Crippen LogP contribution in [0.15, 0.2) is 22.7 Å². The maximum Gasteiger partial charge on any atom is 0.354 e. The zero-order valence-electron chi connectivity index (χ0n) is 8.12. The molecule has 0 amide bonds. The Kier molecular flexibility index (Phi) is 1.91. The third-order valence-corrected chi connectivity index (χ3v) is 3.55. The lowest BCUT2D eigenvalue weighted by molar-refractivity contribution is 0.0689. The number of fused-ring (bicyclic) bond motifs is 3. The van der Waals surface area contributed by atoms with Gasteiger partial charge in [0.05, 0.1) is 5.69 Å². The highest BCUT2D eigenvalue weighted by Crippen LogP contribution is 2.39. The van der Waals surface area contributed by atoms with Crippen molar-refractivity contribution in [2.45, 2.75) is 6.42 Å². The largest absolute Gasteiger partial charge is 0.477 e. The summed E-state index contributed by atoms with van der Waals surface area (Å²) in [6.45, 7) is 0. The molecule has 3 rings (SSSR count). The van der Waals surface area contributed by atoms with Crippen molar-refractivity contribution < 1.29 is 9.90 Å². The lowest BCUT2D eigenvalue weighted by atomic mass is 10.1. The van der Waals surface area contributed by atoms with Gasteiger partial charge in [-0.3, -0.25) is 5.10 Å². The first-order valence-corrected chi connectivity index (χ1v) is 5.56. The van der Waals surface area contributed by atoms with E-state index in [4.69, 9.17) is 5.11 Å². The van der Waals surface area contributed by atoms with Gasteiger partial charge in [0.25, 0.3) is 0 Å². The van der Waals surface area contributed by atoms with Gasteiger partial charge in [-0.15, -0.1) is 0 Å². The maximum atomic E-state index is 11.0. The van der Waals surface area contributed by atoms with E-state index in [9.17, 15) is 4.79 Å². The van der Waals surface area contributed by atoms with Crippen LogP contribution in [-0.2, 0) is 6.42 Å². The van der Waals surface area contributed by atoms with Crippen LogP contribution in [0.25, 0.3) is 11.3 Å². The molecular weight excluding hydrogens is 272 g/mol. The van der Waals surface area contributed by atoms with Gasteiger partial charge in [-0.2, -0.15) is 5.10 Å². The Morgan fingerprint density at radius 3 is 3.00 bits per heavy atom. The molecule has 1 aromatic carbocycles. The number of nitrogens with one attached hydrogen (secondary N) is 1. The minimum absolute atomic E-state index is 0.193. The van der Waals surface area contributed by atoms with Gasteiger partial charge < -0.3 is 5.11 Å². The summed E-state index contributed by atoms with van der Waals surface area (Å²) >= 11 is 3.47. The Morgan fingerprint density at radius 2 is 2.25 bits per heavy atom. The highest BCUT2D eigenvalue weighted by molar-refractivity contribution is 9.10. The van der Waals surface area contributed by atoms with Crippen molar-refractivity contribution in [1.82, 2.24) is 10.2 Å². The monoisotopic (exact) mass is 278 g/mol. The van der Waals surface area contributed by atoms with Crippen molar-refractivity contribution in [2.24, 2.45) is 0 Å². The van der Waals surface area contributed by atoms with Crippen LogP contribution in [0.4, 0.5) is 0 Å². The van der Waals surface area contributed by atoms with E-state index in [0.29, 0.717) is 6.42 Å². The highest BCUT2D eigenvalue weighted by Gasteiger charge is 2.28. The minimum atomic E-state index is -0.960. The summed E-state index contributed by atoms with van der Waals surface area (Å²) in [6.07, 6.45) is 0.615. The van der Waals surface area contributed by atoms with Gasteiger partial charge in [0.15, 0.2) is 0 Å². The molecule has 1 aliphatic carbocycles. The zero-order chi connectivity index (χ0) is 11.3. The van der Waals surface area contributed by atoms with Gasteiger partial charge in [0.2, 0.25) is 0 Å². The Labute approximate surface area is 99.4 Å². The molecule has 4 nitrogen and oxygen atoms in total. The fourth-order valence-electron chi connectivity index (χ4n) is 2.07. The van der Waals surface area contributed by atoms with Crippen molar-refractivity contribution in [3.63, 3.8) is 0 Å². The average molecular weight is 279 g/mol. The average Bonchev–Trinajstić information content (AvgIpc) is 2.76. The smallest absolute Gasteiger partial charge is 0.354 e. The Morgan fingerprint density at radius 1 is 1.44 bits per heavy atom. The number of aromatic carboxylic acids is 1. The van der Waals surface area contributed by atoms with Crippen molar-refractivity contribution in [3.05, 3.63) is 39.5 Å². The summed E-state index contributed by atoms with van der Waals surface area (Å²) in [4.78, 5) is 11.0. The predicted octanol–water partition coefficient (Wildman–Crippen LogP) is 2.44. The van der Waals surface area contributed by atoms with Crippen molar-refractivity contribution in [1.29, 1.82) is 0 Å². The Hall–Kier alpha value is -1.62. The number of H-pyrrole nitrogens is 1. The molecule has 16 heavy (non-hydrogen) atoms. The lowest BCUT2D eigenvalue weighted by Gasteiger charge is -2.00. The molecule has 1 aromatic heterocycles. The van der Waals surface area contributed by atoms with Crippen LogP contribution in [0.3, 0.4) is 0 Å². The van der Waals surface area contributed by atoms with Crippen LogP contribution in [0.2, 0.25) is 0 Å². The van der Waals surface area contributed by atoms with Crippen molar-refractivity contribution in [3.8, 4) is 11.3 Å². The summed E-state index contributed by atoms with van der Waals surface area (Å²) in [5.74, 6) is -0.960. The summed E-state index contributed by atoms with van der Waals surface area (Å²) < 4.78 is 0.999. The van der Waals surface area contributed by atoms with Crippen LogP contribution in [0.1, 0.15) is 21.6 Å². The third-order valence-electron chi connectivity index (χ3n) is 2.81. The van der Waals surface area contributed by atoms with Crippen LogP contribution in [-0.4, -0.2) is 21.3 Å². The molecule has 0 unspecified atom stereocenters. The second-order valence-corrected chi connectivity index (χ2v) is 4.53. The van der Waals surface area contributed by atoms with Gasteiger partial charge >= 0.3 is 5.97 Å². The lowest BCUT2D eigenvalue weighted by Crippen LogP contribution is -2.00. The number of nitrogens with zero attached hydrogens (tertiary/aromatic N) is 1. The Balaban J connectivity index is 2.25. The molecular formula is C11H7BrN2O2. The van der Waals surface area contributed by atoms with Crippen molar-refractivity contribution >= 4 is 21.9 Å². The molecule has 0 aliphatic heterocycles. The van der Waals surface area contributed by atoms with Crippen LogP contribution in [0, 0.1) is 0 Å². The molecule has 0 atom stereocenters. The molecule has 1 aliphatic rings. The van der Waals surface area contributed by atoms with E-state index >= 15 is 0 Å². The van der Waals surface area contributed by atoms with Gasteiger partial charge in [0, 0.05) is 22.0 Å². The number of aromatic amines is 1. The molecule has 0 spiro atoms. The fraction of sp³-hybridized carbons (Fsp3) is 0.0909. The molecule has 0 fully saturated rings. The first-order chi connectivity index (χ1) is 7.68. The number of hydrogen-bond donors (Lipinski definition) is 2. The van der Waals surface area contributed by atoms with Crippen LogP contribution in [0.5, 0.6) is 0 Å². The van der Waals surface area contributed by atoms with E-state index in [0.717, 1.165) is 26.9 Å². The standard InChI is InChI=1S/C11H7BrN2O2/c12-8-3-1-2-5-6(8)4-7-9(5)13-14-10(7)11(15)16/h1-3H,4H2,(H,13,14)(H,15,16). The third kappa shape index (κ3) is 1.15. The van der Waals surface area contributed by atoms with Crippen molar-refractivity contribution in [2.75, 3.05) is 0 Å². The molecule has 2 aromatic rings. The van der Waals surface area contributed by atoms with E-state index in [2.05, 4.69) is 26.1 Å². The number of carbonyl (C=O) groups is 1. The van der Waals surface area contributed by atoms with Gasteiger partial charge in [-0.25, -0.2) is 4.79 Å². The summed E-state index contributed by atoms with van der Waals surface area (Å²) in [6, 6.07) is 5.83. The first kappa shape index (κ1) is 9.59. The quantitative estimate of drug-likeness (QED) is 0.719. The second kappa shape index (κ2) is 3.18. The Bertz CT molecular complexity index is 604. The van der Waals surface area contributed by atoms with E-state index in [1.54, 1.807) is 0 Å². The normalized spacial score (nSPS) is 12.3. The van der Waals surface area contributed by atoms with Crippen LogP contribution < -0.4 is 0 Å². The molecule has 5 heteroatoms. The molecule has 0 saturated heterocycles. The second-order valence-electron chi connectivity index (χ2n) is 3.67. The molecule has 80 valence electrons. The predicted molar refractivity (Wildman–Crippen MR) is 61.5 cm³/mol.